The second-order valence-electron chi connectivity index (χ2n) is 11.2. The van der Waals surface area contributed by atoms with Gasteiger partial charge in [-0.2, -0.15) is 8.42 Å². The zero-order chi connectivity index (χ0) is 31.6. The van der Waals surface area contributed by atoms with Crippen molar-refractivity contribution in [1.82, 2.24) is 9.47 Å². The summed E-state index contributed by atoms with van der Waals surface area (Å²) in [6.07, 6.45) is 3.57. The first kappa shape index (κ1) is 34.2. The van der Waals surface area contributed by atoms with Crippen molar-refractivity contribution < 1.29 is 37.1 Å². The predicted molar refractivity (Wildman–Crippen MR) is 166 cm³/mol. The largest absolute Gasteiger partial charge is 0.497 e. The van der Waals surface area contributed by atoms with Crippen molar-refractivity contribution in [1.29, 1.82) is 0 Å². The summed E-state index contributed by atoms with van der Waals surface area (Å²) in [4.78, 5) is 28.9. The van der Waals surface area contributed by atoms with Crippen LogP contribution in [0.4, 0.5) is 0 Å². The van der Waals surface area contributed by atoms with Gasteiger partial charge in [0.15, 0.2) is 5.78 Å². The maximum Gasteiger partial charge on any atom is 0.267 e. The Morgan fingerprint density at radius 3 is 2.42 bits per heavy atom. The Hall–Kier alpha value is -3.25. The SMILES string of the molecule is CCCN(CCC(C)C)C(=O)Cn1cc(C(=O)c2ccc(CCCOCC(O)CS(=O)(=O)O)cc2)c2ccc(OC)cc21. The van der Waals surface area contributed by atoms with Crippen molar-refractivity contribution >= 4 is 32.7 Å². The molecule has 0 saturated heterocycles. The minimum atomic E-state index is -4.25. The van der Waals surface area contributed by atoms with Crippen LogP contribution < -0.4 is 4.74 Å². The smallest absolute Gasteiger partial charge is 0.267 e. The minimum Gasteiger partial charge on any atom is -0.497 e. The van der Waals surface area contributed by atoms with E-state index in [0.717, 1.165) is 29.3 Å². The van der Waals surface area contributed by atoms with Crippen LogP contribution >= 0.6 is 0 Å². The van der Waals surface area contributed by atoms with Gasteiger partial charge in [-0.15, -0.1) is 0 Å². The first-order valence-corrected chi connectivity index (χ1v) is 16.3. The van der Waals surface area contributed by atoms with Gasteiger partial charge in [-0.3, -0.25) is 14.1 Å². The number of ketones is 1. The maximum atomic E-state index is 13.7. The molecule has 0 saturated carbocycles. The number of methoxy groups -OCH3 is 1. The van der Waals surface area contributed by atoms with E-state index >= 15 is 0 Å². The molecular weight excluding hydrogens is 572 g/mol. The van der Waals surface area contributed by atoms with Gasteiger partial charge in [-0.05, 0) is 49.3 Å². The fourth-order valence-corrected chi connectivity index (χ4v) is 5.45. The van der Waals surface area contributed by atoms with Gasteiger partial charge in [-0.25, -0.2) is 0 Å². The highest BCUT2D eigenvalue weighted by molar-refractivity contribution is 7.85. The lowest BCUT2D eigenvalue weighted by molar-refractivity contribution is -0.132. The van der Waals surface area contributed by atoms with E-state index < -0.39 is 22.0 Å². The standard InChI is InChI=1S/C32H44N2O8S/c1-5-15-33(16-14-23(2)3)31(36)20-34-19-29(28-13-12-27(41-4)18-30(28)34)32(37)25-10-8-24(9-11-25)7-6-17-42-21-26(35)22-43(38,39)40/h8-13,18-19,23,26,35H,5-7,14-17,20-22H2,1-4H3,(H,38,39,40). The van der Waals surface area contributed by atoms with Gasteiger partial charge in [-0.1, -0.05) is 45.0 Å². The molecule has 0 radical (unpaired) electrons. The summed E-state index contributed by atoms with van der Waals surface area (Å²) in [5.74, 6) is 0.245. The summed E-state index contributed by atoms with van der Waals surface area (Å²) in [7, 11) is -2.67. The number of aryl methyl sites for hydroxylation is 1. The monoisotopic (exact) mass is 616 g/mol. The molecule has 1 heterocycles. The molecule has 1 aromatic heterocycles. The number of amides is 1. The molecule has 0 aliphatic heterocycles. The second kappa shape index (κ2) is 16.0. The number of aromatic nitrogens is 1. The molecule has 11 heteroatoms. The number of aliphatic hydroxyl groups is 1. The number of hydrogen-bond donors (Lipinski definition) is 2. The summed E-state index contributed by atoms with van der Waals surface area (Å²) in [6.45, 7) is 7.98. The van der Waals surface area contributed by atoms with Crippen LogP contribution in [0.25, 0.3) is 10.9 Å². The Morgan fingerprint density at radius 2 is 1.79 bits per heavy atom. The molecule has 3 aromatic rings. The number of aliphatic hydroxyl groups excluding tert-OH is 1. The summed E-state index contributed by atoms with van der Waals surface area (Å²) < 4.78 is 42.9. The van der Waals surface area contributed by atoms with Crippen LogP contribution in [-0.2, 0) is 32.6 Å². The minimum absolute atomic E-state index is 0.0162. The Balaban J connectivity index is 1.71. The van der Waals surface area contributed by atoms with E-state index in [1.165, 1.54) is 0 Å². The topological polar surface area (TPSA) is 135 Å². The molecule has 1 unspecified atom stereocenters. The average molecular weight is 617 g/mol. The summed E-state index contributed by atoms with van der Waals surface area (Å²) in [6, 6.07) is 12.8. The Labute approximate surface area is 254 Å². The molecular formula is C32H44N2O8S. The number of benzene rings is 2. The van der Waals surface area contributed by atoms with E-state index in [-0.39, 0.29) is 24.8 Å². The zero-order valence-corrected chi connectivity index (χ0v) is 26.3. The third-order valence-corrected chi connectivity index (χ3v) is 7.95. The second-order valence-corrected chi connectivity index (χ2v) is 12.7. The molecule has 0 aliphatic rings. The van der Waals surface area contributed by atoms with E-state index in [9.17, 15) is 23.1 Å². The van der Waals surface area contributed by atoms with E-state index in [0.29, 0.717) is 55.3 Å². The van der Waals surface area contributed by atoms with Gasteiger partial charge in [0.05, 0.1) is 25.3 Å². The zero-order valence-electron chi connectivity index (χ0n) is 25.5. The normalized spacial score (nSPS) is 12.5. The molecule has 0 aliphatic carbocycles. The van der Waals surface area contributed by atoms with E-state index in [1.54, 1.807) is 25.4 Å². The van der Waals surface area contributed by atoms with Crippen molar-refractivity contribution in [2.24, 2.45) is 5.92 Å². The lowest BCUT2D eigenvalue weighted by atomic mass is 10.0. The predicted octanol–water partition coefficient (Wildman–Crippen LogP) is 4.36. The van der Waals surface area contributed by atoms with Crippen molar-refractivity contribution in [3.8, 4) is 5.75 Å². The van der Waals surface area contributed by atoms with Crippen molar-refractivity contribution in [3.05, 3.63) is 65.4 Å². The average Bonchev–Trinajstić information content (AvgIpc) is 3.31. The van der Waals surface area contributed by atoms with Crippen LogP contribution in [0.15, 0.2) is 48.7 Å². The summed E-state index contributed by atoms with van der Waals surface area (Å²) in [5, 5.41) is 10.3. The number of carbonyl (C=O) groups is 2. The van der Waals surface area contributed by atoms with Gasteiger partial charge in [0, 0.05) is 48.5 Å². The molecule has 2 aromatic carbocycles. The first-order valence-electron chi connectivity index (χ1n) is 14.7. The van der Waals surface area contributed by atoms with Crippen molar-refractivity contribution in [2.45, 2.75) is 59.1 Å². The van der Waals surface area contributed by atoms with Crippen LogP contribution in [0, 0.1) is 5.92 Å². The number of nitrogens with zero attached hydrogens (tertiary/aromatic N) is 2. The Morgan fingerprint density at radius 1 is 1.07 bits per heavy atom. The maximum absolute atomic E-state index is 13.7. The number of fused-ring (bicyclic) bond motifs is 1. The molecule has 1 atom stereocenters. The Bertz CT molecular complexity index is 1460. The van der Waals surface area contributed by atoms with Crippen molar-refractivity contribution in [2.75, 3.05) is 39.2 Å². The van der Waals surface area contributed by atoms with Crippen molar-refractivity contribution in [3.63, 3.8) is 0 Å². The highest BCUT2D eigenvalue weighted by atomic mass is 32.2. The fourth-order valence-electron chi connectivity index (χ4n) is 4.87. The molecule has 0 bridgehead atoms. The van der Waals surface area contributed by atoms with Crippen LogP contribution in [0.2, 0.25) is 0 Å². The lowest BCUT2D eigenvalue weighted by Gasteiger charge is -2.23. The van der Waals surface area contributed by atoms with Gasteiger partial charge < -0.3 is 24.0 Å². The molecule has 2 N–H and O–H groups in total. The highest BCUT2D eigenvalue weighted by Crippen LogP contribution is 2.28. The highest BCUT2D eigenvalue weighted by Gasteiger charge is 2.21. The van der Waals surface area contributed by atoms with Gasteiger partial charge in [0.25, 0.3) is 10.1 Å². The van der Waals surface area contributed by atoms with Crippen LogP contribution in [0.3, 0.4) is 0 Å². The summed E-state index contributed by atoms with van der Waals surface area (Å²) in [5.41, 5.74) is 2.79. The summed E-state index contributed by atoms with van der Waals surface area (Å²) >= 11 is 0. The molecule has 10 nitrogen and oxygen atoms in total. The number of carbonyl (C=O) groups excluding carboxylic acids is 2. The molecule has 3 rings (SSSR count). The molecule has 236 valence electrons. The third-order valence-electron chi connectivity index (χ3n) is 7.15. The van der Waals surface area contributed by atoms with E-state index in [2.05, 4.69) is 20.8 Å². The Kier molecular flexibility index (Phi) is 12.7. The molecule has 43 heavy (non-hydrogen) atoms. The first-order chi connectivity index (χ1) is 20.4. The third kappa shape index (κ3) is 10.5. The lowest BCUT2D eigenvalue weighted by Crippen LogP contribution is -2.35. The van der Waals surface area contributed by atoms with Crippen LogP contribution in [0.5, 0.6) is 5.75 Å². The number of hydrogen-bond acceptors (Lipinski definition) is 7. The number of ether oxygens (including phenoxy) is 2. The molecule has 1 amide bonds. The van der Waals surface area contributed by atoms with Crippen LogP contribution in [0.1, 0.15) is 61.5 Å². The fraction of sp³-hybridized carbons (Fsp3) is 0.500. The van der Waals surface area contributed by atoms with Gasteiger partial charge in [0.1, 0.15) is 18.0 Å². The van der Waals surface area contributed by atoms with Gasteiger partial charge in [0.2, 0.25) is 5.91 Å². The quantitative estimate of drug-likeness (QED) is 0.122. The van der Waals surface area contributed by atoms with Crippen LogP contribution in [-0.4, -0.2) is 84.5 Å². The molecule has 0 spiro atoms. The van der Waals surface area contributed by atoms with E-state index in [1.807, 2.05) is 39.8 Å². The number of rotatable bonds is 18. The van der Waals surface area contributed by atoms with Gasteiger partial charge >= 0.3 is 0 Å². The van der Waals surface area contributed by atoms with E-state index in [4.69, 9.17) is 14.0 Å². The molecule has 0 fully saturated rings.